The molecule has 0 aliphatic carbocycles. The van der Waals surface area contributed by atoms with Crippen LogP contribution in [0.1, 0.15) is 31.4 Å². The summed E-state index contributed by atoms with van der Waals surface area (Å²) in [7, 11) is 0. The number of pyridine rings is 1. The standard InChI is InChI=1S/C15H23N3O2/c1-3-4-13(15(20)17-9-6-16-7-10-17)18-8-5-12(2)11-14(18)19/h5,8,11,13,16H,3-4,6-7,9-10H2,1-2H3. The van der Waals surface area contributed by atoms with Crippen molar-refractivity contribution in [1.82, 2.24) is 14.8 Å². The molecule has 110 valence electrons. The summed E-state index contributed by atoms with van der Waals surface area (Å²) in [5.74, 6) is 0.0688. The van der Waals surface area contributed by atoms with Crippen molar-refractivity contribution >= 4 is 5.91 Å². The van der Waals surface area contributed by atoms with Gasteiger partial charge in [0.05, 0.1) is 0 Å². The van der Waals surface area contributed by atoms with E-state index in [2.05, 4.69) is 5.32 Å². The second-order valence-electron chi connectivity index (χ2n) is 5.33. The van der Waals surface area contributed by atoms with Crippen molar-refractivity contribution in [2.24, 2.45) is 0 Å². The van der Waals surface area contributed by atoms with Gasteiger partial charge in [0.25, 0.3) is 5.56 Å². The molecule has 1 unspecified atom stereocenters. The Bertz CT molecular complexity index is 518. The van der Waals surface area contributed by atoms with E-state index < -0.39 is 0 Å². The van der Waals surface area contributed by atoms with Crippen molar-refractivity contribution in [3.05, 3.63) is 34.2 Å². The van der Waals surface area contributed by atoms with Crippen LogP contribution in [0.2, 0.25) is 0 Å². The van der Waals surface area contributed by atoms with Gasteiger partial charge in [0.15, 0.2) is 0 Å². The third-order valence-corrected chi connectivity index (χ3v) is 3.72. The van der Waals surface area contributed by atoms with Gasteiger partial charge in [-0.05, 0) is 25.0 Å². The van der Waals surface area contributed by atoms with Gasteiger partial charge < -0.3 is 14.8 Å². The number of carbonyl (C=O) groups is 1. The molecule has 1 N–H and O–H groups in total. The number of carbonyl (C=O) groups excluding carboxylic acids is 1. The molecule has 1 aromatic rings. The number of aryl methyl sites for hydroxylation is 1. The number of amides is 1. The quantitative estimate of drug-likeness (QED) is 0.891. The zero-order valence-electron chi connectivity index (χ0n) is 12.3. The first-order valence-corrected chi connectivity index (χ1v) is 7.31. The Morgan fingerprint density at radius 2 is 2.10 bits per heavy atom. The fourth-order valence-corrected chi connectivity index (χ4v) is 2.60. The monoisotopic (exact) mass is 277 g/mol. The topological polar surface area (TPSA) is 54.3 Å². The number of nitrogens with zero attached hydrogens (tertiary/aromatic N) is 2. The van der Waals surface area contributed by atoms with Crippen molar-refractivity contribution in [2.45, 2.75) is 32.7 Å². The zero-order chi connectivity index (χ0) is 14.5. The Labute approximate surface area is 119 Å². The predicted octanol–water partition coefficient (Wildman–Crippen LogP) is 0.930. The van der Waals surface area contributed by atoms with Gasteiger partial charge in [0.2, 0.25) is 5.91 Å². The SMILES string of the molecule is CCCC(C(=O)N1CCNCC1)n1ccc(C)cc1=O. The van der Waals surface area contributed by atoms with Crippen molar-refractivity contribution in [3.8, 4) is 0 Å². The molecule has 1 atom stereocenters. The lowest BCUT2D eigenvalue weighted by Crippen LogP contribution is -2.49. The molecule has 20 heavy (non-hydrogen) atoms. The van der Waals surface area contributed by atoms with E-state index in [0.29, 0.717) is 6.42 Å². The average Bonchev–Trinajstić information content (AvgIpc) is 2.46. The summed E-state index contributed by atoms with van der Waals surface area (Å²) in [5.41, 5.74) is 0.836. The highest BCUT2D eigenvalue weighted by Crippen LogP contribution is 2.16. The third-order valence-electron chi connectivity index (χ3n) is 3.72. The summed E-state index contributed by atoms with van der Waals surface area (Å²) >= 11 is 0. The number of hydrogen-bond acceptors (Lipinski definition) is 3. The summed E-state index contributed by atoms with van der Waals surface area (Å²) in [6.07, 6.45) is 3.33. The van der Waals surface area contributed by atoms with Gasteiger partial charge in [-0.25, -0.2) is 0 Å². The van der Waals surface area contributed by atoms with Crippen LogP contribution in [0.5, 0.6) is 0 Å². The number of hydrogen-bond donors (Lipinski definition) is 1. The lowest BCUT2D eigenvalue weighted by Gasteiger charge is -2.31. The van der Waals surface area contributed by atoms with Gasteiger partial charge in [0, 0.05) is 38.4 Å². The minimum atomic E-state index is -0.369. The second kappa shape index (κ2) is 6.70. The van der Waals surface area contributed by atoms with Crippen LogP contribution < -0.4 is 10.9 Å². The van der Waals surface area contributed by atoms with Gasteiger partial charge in [-0.15, -0.1) is 0 Å². The summed E-state index contributed by atoms with van der Waals surface area (Å²) < 4.78 is 1.58. The molecule has 5 heteroatoms. The largest absolute Gasteiger partial charge is 0.338 e. The predicted molar refractivity (Wildman–Crippen MR) is 78.8 cm³/mol. The van der Waals surface area contributed by atoms with E-state index in [1.807, 2.05) is 24.8 Å². The van der Waals surface area contributed by atoms with Crippen LogP contribution in [-0.2, 0) is 4.79 Å². The van der Waals surface area contributed by atoms with Crippen molar-refractivity contribution in [1.29, 1.82) is 0 Å². The highest BCUT2D eigenvalue weighted by molar-refractivity contribution is 5.80. The molecule has 1 fully saturated rings. The smallest absolute Gasteiger partial charge is 0.251 e. The minimum Gasteiger partial charge on any atom is -0.338 e. The molecule has 2 heterocycles. The van der Waals surface area contributed by atoms with E-state index >= 15 is 0 Å². The Hall–Kier alpha value is -1.62. The molecule has 1 saturated heterocycles. The molecule has 2 rings (SSSR count). The molecule has 0 aromatic carbocycles. The lowest BCUT2D eigenvalue weighted by molar-refractivity contribution is -0.135. The average molecular weight is 277 g/mol. The van der Waals surface area contributed by atoms with Crippen LogP contribution in [0, 0.1) is 6.92 Å². The molecular weight excluding hydrogens is 254 g/mol. The van der Waals surface area contributed by atoms with Gasteiger partial charge in [-0.2, -0.15) is 0 Å². The first kappa shape index (κ1) is 14.8. The fraction of sp³-hybridized carbons (Fsp3) is 0.600. The second-order valence-corrected chi connectivity index (χ2v) is 5.33. The van der Waals surface area contributed by atoms with E-state index in [9.17, 15) is 9.59 Å². The van der Waals surface area contributed by atoms with Crippen LogP contribution in [-0.4, -0.2) is 41.6 Å². The van der Waals surface area contributed by atoms with E-state index in [1.54, 1.807) is 16.8 Å². The van der Waals surface area contributed by atoms with E-state index in [0.717, 1.165) is 38.2 Å². The van der Waals surface area contributed by atoms with Crippen LogP contribution in [0.25, 0.3) is 0 Å². The Morgan fingerprint density at radius 3 is 2.70 bits per heavy atom. The van der Waals surface area contributed by atoms with Crippen LogP contribution >= 0.6 is 0 Å². The highest BCUT2D eigenvalue weighted by Gasteiger charge is 2.26. The van der Waals surface area contributed by atoms with E-state index in [-0.39, 0.29) is 17.5 Å². The van der Waals surface area contributed by atoms with Crippen molar-refractivity contribution < 1.29 is 4.79 Å². The number of rotatable bonds is 4. The first-order chi connectivity index (χ1) is 9.63. The van der Waals surface area contributed by atoms with Crippen molar-refractivity contribution in [2.75, 3.05) is 26.2 Å². The molecule has 5 nitrogen and oxygen atoms in total. The van der Waals surface area contributed by atoms with E-state index in [4.69, 9.17) is 0 Å². The van der Waals surface area contributed by atoms with Crippen molar-refractivity contribution in [3.63, 3.8) is 0 Å². The minimum absolute atomic E-state index is 0.0688. The summed E-state index contributed by atoms with van der Waals surface area (Å²) in [6, 6.07) is 3.11. The summed E-state index contributed by atoms with van der Waals surface area (Å²) in [5, 5.41) is 3.24. The first-order valence-electron chi connectivity index (χ1n) is 7.31. The highest BCUT2D eigenvalue weighted by atomic mass is 16.2. The number of aromatic nitrogens is 1. The molecular formula is C15H23N3O2. The molecule has 0 bridgehead atoms. The Balaban J connectivity index is 2.25. The van der Waals surface area contributed by atoms with Crippen LogP contribution in [0.4, 0.5) is 0 Å². The molecule has 1 aromatic heterocycles. The maximum atomic E-state index is 12.7. The lowest BCUT2D eigenvalue weighted by atomic mass is 10.1. The van der Waals surface area contributed by atoms with Gasteiger partial charge >= 0.3 is 0 Å². The molecule has 1 aliphatic heterocycles. The van der Waals surface area contributed by atoms with Crippen LogP contribution in [0.15, 0.2) is 23.1 Å². The van der Waals surface area contributed by atoms with Gasteiger partial charge in [-0.1, -0.05) is 13.3 Å². The van der Waals surface area contributed by atoms with Gasteiger partial charge in [0.1, 0.15) is 6.04 Å². The molecule has 1 amide bonds. The maximum absolute atomic E-state index is 12.7. The normalized spacial score (nSPS) is 17.0. The Kier molecular flexibility index (Phi) is 4.95. The Morgan fingerprint density at radius 1 is 1.40 bits per heavy atom. The molecule has 1 aliphatic rings. The third kappa shape index (κ3) is 3.28. The number of piperazine rings is 1. The fourth-order valence-electron chi connectivity index (χ4n) is 2.60. The summed E-state index contributed by atoms with van der Waals surface area (Å²) in [4.78, 5) is 26.7. The molecule has 0 saturated carbocycles. The zero-order valence-corrected chi connectivity index (χ0v) is 12.3. The summed E-state index contributed by atoms with van der Waals surface area (Å²) in [6.45, 7) is 7.02. The molecule has 0 radical (unpaired) electrons. The van der Waals surface area contributed by atoms with Gasteiger partial charge in [-0.3, -0.25) is 9.59 Å². The molecule has 0 spiro atoms. The van der Waals surface area contributed by atoms with E-state index in [1.165, 1.54) is 0 Å². The maximum Gasteiger partial charge on any atom is 0.251 e. The number of nitrogens with one attached hydrogen (secondary N) is 1. The van der Waals surface area contributed by atoms with Crippen LogP contribution in [0.3, 0.4) is 0 Å².